The summed E-state index contributed by atoms with van der Waals surface area (Å²) in [5.41, 5.74) is 6.84. The van der Waals surface area contributed by atoms with Crippen molar-refractivity contribution in [1.29, 1.82) is 0 Å². The van der Waals surface area contributed by atoms with Gasteiger partial charge in [0.15, 0.2) is 5.65 Å². The maximum absolute atomic E-state index is 9.16. The third-order valence-corrected chi connectivity index (χ3v) is 2.51. The van der Waals surface area contributed by atoms with E-state index in [1.54, 1.807) is 17.1 Å². The Hall–Kier alpha value is -1.30. The largest absolute Gasteiger partial charge is 0.394 e. The molecule has 0 amide bonds. The van der Waals surface area contributed by atoms with Gasteiger partial charge in [-0.25, -0.2) is 9.97 Å². The van der Waals surface area contributed by atoms with Crippen molar-refractivity contribution in [3.63, 3.8) is 0 Å². The van der Waals surface area contributed by atoms with Crippen molar-refractivity contribution in [2.24, 2.45) is 0 Å². The number of nitrogen functional groups attached to an aromatic ring is 1. The highest BCUT2D eigenvalue weighted by molar-refractivity contribution is 7.16. The number of ether oxygens (including phenoxy) is 1. The van der Waals surface area contributed by atoms with Gasteiger partial charge in [-0.3, -0.25) is 0 Å². The maximum atomic E-state index is 9.16. The molecule has 0 aromatic carbocycles. The fourth-order valence-corrected chi connectivity index (χ4v) is 1.79. The van der Waals surface area contributed by atoms with Crippen LogP contribution in [0.2, 0.25) is 0 Å². The molecular formula is C9H14N5O2P. The van der Waals surface area contributed by atoms with Crippen LogP contribution >= 0.6 is 9.24 Å². The number of aromatic nitrogens is 4. The lowest BCUT2D eigenvalue weighted by Gasteiger charge is -2.14. The number of nitrogens with zero attached hydrogens (tertiary/aromatic N) is 4. The Morgan fingerprint density at radius 3 is 3.06 bits per heavy atom. The van der Waals surface area contributed by atoms with E-state index >= 15 is 0 Å². The monoisotopic (exact) mass is 255 g/mol. The average molecular weight is 255 g/mol. The van der Waals surface area contributed by atoms with Crippen molar-refractivity contribution < 1.29 is 9.84 Å². The van der Waals surface area contributed by atoms with Gasteiger partial charge in [0.25, 0.3) is 0 Å². The molecule has 2 unspecified atom stereocenters. The summed E-state index contributed by atoms with van der Waals surface area (Å²) in [4.78, 5) is 12.1. The summed E-state index contributed by atoms with van der Waals surface area (Å²) in [6.07, 6.45) is 3.38. The fourth-order valence-electron chi connectivity index (χ4n) is 1.52. The molecule has 2 heterocycles. The maximum Gasteiger partial charge on any atom is 0.222 e. The number of nitrogens with two attached hydrogens (primary N) is 1. The molecule has 0 saturated heterocycles. The van der Waals surface area contributed by atoms with Gasteiger partial charge in [0.2, 0.25) is 5.95 Å². The second-order valence-electron chi connectivity index (χ2n) is 3.47. The summed E-state index contributed by atoms with van der Waals surface area (Å²) in [5.74, 6) is 0.201. The third-order valence-electron chi connectivity index (χ3n) is 2.31. The Labute approximate surface area is 100 Å². The normalized spacial score (nSPS) is 13.1. The number of hydrogen-bond acceptors (Lipinski definition) is 6. The topological polar surface area (TPSA) is 99.1 Å². The van der Waals surface area contributed by atoms with E-state index in [9.17, 15) is 0 Å². The first-order valence-corrected chi connectivity index (χ1v) is 5.92. The number of anilines is 1. The van der Waals surface area contributed by atoms with Crippen molar-refractivity contribution in [2.45, 2.75) is 12.6 Å². The molecule has 0 aliphatic rings. The Kier molecular flexibility index (Phi) is 3.83. The fraction of sp³-hybridized carbons (Fsp3) is 0.444. The lowest BCUT2D eigenvalue weighted by Crippen LogP contribution is -2.23. The first-order valence-electron chi connectivity index (χ1n) is 5.10. The Morgan fingerprint density at radius 2 is 2.35 bits per heavy atom. The van der Waals surface area contributed by atoms with Crippen molar-refractivity contribution in [3.05, 3.63) is 12.5 Å². The first kappa shape index (κ1) is 12.2. The molecule has 0 spiro atoms. The standard InChI is InChI=1S/C9H14N5O2P/c10-9-11-1-7-8(13-9)14(4-12-7)2-6(3-15)16-5-17/h1,4,6,15H,2-3,5,17H2,(H2,10,11,13). The number of aliphatic hydroxyl groups excluding tert-OH is 1. The van der Waals surface area contributed by atoms with Gasteiger partial charge in [-0.15, -0.1) is 9.24 Å². The molecule has 3 N–H and O–H groups in total. The van der Waals surface area contributed by atoms with Gasteiger partial charge in [-0.05, 0) is 0 Å². The van der Waals surface area contributed by atoms with E-state index in [1.165, 1.54) is 0 Å². The summed E-state index contributed by atoms with van der Waals surface area (Å²) < 4.78 is 7.12. The van der Waals surface area contributed by atoms with Crippen LogP contribution in [0.15, 0.2) is 12.5 Å². The lowest BCUT2D eigenvalue weighted by atomic mass is 10.3. The van der Waals surface area contributed by atoms with E-state index in [2.05, 4.69) is 24.2 Å². The van der Waals surface area contributed by atoms with E-state index in [1.807, 2.05) is 0 Å². The van der Waals surface area contributed by atoms with Gasteiger partial charge in [0.1, 0.15) is 5.52 Å². The van der Waals surface area contributed by atoms with Crippen LogP contribution in [0.4, 0.5) is 5.95 Å². The summed E-state index contributed by atoms with van der Waals surface area (Å²) in [7, 11) is 2.45. The van der Waals surface area contributed by atoms with Crippen LogP contribution in [-0.4, -0.2) is 43.7 Å². The Bertz CT molecular complexity index is 503. The summed E-state index contributed by atoms with van der Waals surface area (Å²) in [6.45, 7) is 0.409. The van der Waals surface area contributed by atoms with Crippen LogP contribution in [0.5, 0.6) is 0 Å². The van der Waals surface area contributed by atoms with Crippen LogP contribution < -0.4 is 5.73 Å². The van der Waals surface area contributed by atoms with Gasteiger partial charge in [0, 0.05) is 0 Å². The number of hydrogen-bond donors (Lipinski definition) is 2. The number of aliphatic hydroxyl groups is 1. The molecule has 2 aromatic heterocycles. The predicted molar refractivity (Wildman–Crippen MR) is 66.3 cm³/mol. The second kappa shape index (κ2) is 5.35. The van der Waals surface area contributed by atoms with Crippen LogP contribution in [0.1, 0.15) is 0 Å². The highest BCUT2D eigenvalue weighted by Crippen LogP contribution is 2.11. The van der Waals surface area contributed by atoms with Crippen LogP contribution in [0.25, 0.3) is 11.2 Å². The molecule has 17 heavy (non-hydrogen) atoms. The van der Waals surface area contributed by atoms with E-state index in [0.717, 1.165) is 0 Å². The minimum Gasteiger partial charge on any atom is -0.394 e. The molecule has 0 bridgehead atoms. The predicted octanol–water partition coefficient (Wildman–Crippen LogP) is -0.381. The Morgan fingerprint density at radius 1 is 1.53 bits per heavy atom. The van der Waals surface area contributed by atoms with Gasteiger partial charge in [-0.1, -0.05) is 0 Å². The zero-order valence-corrected chi connectivity index (χ0v) is 10.3. The number of fused-ring (bicyclic) bond motifs is 1. The zero-order valence-electron chi connectivity index (χ0n) is 9.15. The molecule has 0 radical (unpaired) electrons. The summed E-state index contributed by atoms with van der Waals surface area (Å²) >= 11 is 0. The lowest BCUT2D eigenvalue weighted by molar-refractivity contribution is 0.0290. The van der Waals surface area contributed by atoms with Gasteiger partial charge < -0.3 is 20.1 Å². The molecule has 92 valence electrons. The van der Waals surface area contributed by atoms with Crippen molar-refractivity contribution in [1.82, 2.24) is 19.5 Å². The molecule has 0 fully saturated rings. The quantitative estimate of drug-likeness (QED) is 0.706. The van der Waals surface area contributed by atoms with E-state index in [0.29, 0.717) is 24.1 Å². The molecule has 0 aliphatic carbocycles. The molecule has 2 rings (SSSR count). The Balaban J connectivity index is 2.26. The van der Waals surface area contributed by atoms with Crippen LogP contribution in [-0.2, 0) is 11.3 Å². The van der Waals surface area contributed by atoms with E-state index < -0.39 is 0 Å². The molecule has 2 aromatic rings. The van der Waals surface area contributed by atoms with E-state index in [4.69, 9.17) is 15.6 Å². The highest BCUT2D eigenvalue weighted by atomic mass is 31.0. The van der Waals surface area contributed by atoms with Crippen molar-refractivity contribution >= 4 is 26.4 Å². The third kappa shape index (κ3) is 2.69. The zero-order chi connectivity index (χ0) is 12.3. The van der Waals surface area contributed by atoms with E-state index in [-0.39, 0.29) is 18.7 Å². The minimum absolute atomic E-state index is 0.0609. The first-order chi connectivity index (χ1) is 8.24. The molecule has 0 aliphatic heterocycles. The summed E-state index contributed by atoms with van der Waals surface area (Å²) in [5, 5.41) is 9.16. The van der Waals surface area contributed by atoms with Gasteiger partial charge in [0.05, 0.1) is 38.1 Å². The second-order valence-corrected chi connectivity index (χ2v) is 3.81. The molecule has 7 nitrogen and oxygen atoms in total. The van der Waals surface area contributed by atoms with Gasteiger partial charge in [-0.2, -0.15) is 4.98 Å². The number of imidazole rings is 1. The summed E-state index contributed by atoms with van der Waals surface area (Å²) in [6, 6.07) is 0. The van der Waals surface area contributed by atoms with Crippen molar-refractivity contribution in [3.8, 4) is 0 Å². The highest BCUT2D eigenvalue weighted by Gasteiger charge is 2.11. The minimum atomic E-state index is -0.291. The van der Waals surface area contributed by atoms with Crippen LogP contribution in [0, 0.1) is 0 Å². The molecule has 2 atom stereocenters. The smallest absolute Gasteiger partial charge is 0.222 e. The molecule has 8 heteroatoms. The molecular weight excluding hydrogens is 241 g/mol. The van der Waals surface area contributed by atoms with Crippen LogP contribution in [0.3, 0.4) is 0 Å². The average Bonchev–Trinajstić information content (AvgIpc) is 2.71. The SMILES string of the molecule is Nc1ncc2ncn(CC(CO)OCP)c2n1. The van der Waals surface area contributed by atoms with Gasteiger partial charge >= 0.3 is 0 Å². The van der Waals surface area contributed by atoms with Crippen molar-refractivity contribution in [2.75, 3.05) is 18.7 Å². The number of rotatable bonds is 5. The molecule has 0 saturated carbocycles.